The number of phenolic OH excluding ortho intramolecular Hbond substituents is 1. The van der Waals surface area contributed by atoms with Crippen LogP contribution in [0.4, 0.5) is 0 Å². The molecule has 0 unspecified atom stereocenters. The van der Waals surface area contributed by atoms with E-state index in [0.717, 1.165) is 18.7 Å². The highest BCUT2D eigenvalue weighted by Gasteiger charge is 2.32. The minimum atomic E-state index is -0.131. The van der Waals surface area contributed by atoms with E-state index in [9.17, 15) is 9.90 Å². The first kappa shape index (κ1) is 19.2. The molecule has 0 atom stereocenters. The van der Waals surface area contributed by atoms with Gasteiger partial charge in [-0.2, -0.15) is 0 Å². The minimum Gasteiger partial charge on any atom is -0.507 e. The van der Waals surface area contributed by atoms with Crippen molar-refractivity contribution in [3.63, 3.8) is 0 Å². The van der Waals surface area contributed by atoms with Gasteiger partial charge < -0.3 is 14.7 Å². The van der Waals surface area contributed by atoms with E-state index in [0.29, 0.717) is 35.1 Å². The van der Waals surface area contributed by atoms with Gasteiger partial charge in [-0.1, -0.05) is 38.1 Å². The standard InChI is InChI=1S/C23H27NO3/c1-5-24(6-2)14-19-20(25)12-11-18-22(26)21(27-23(18)19)13-16-7-9-17(10-8-16)15(3)4/h7-13,15,25H,5-6,14H2,1-4H3/p+1/b21-13-. The number of hydrogen-bond acceptors (Lipinski definition) is 3. The van der Waals surface area contributed by atoms with E-state index in [4.69, 9.17) is 4.74 Å². The Morgan fingerprint density at radius 2 is 1.74 bits per heavy atom. The smallest absolute Gasteiger partial charge is 0.231 e. The van der Waals surface area contributed by atoms with E-state index < -0.39 is 0 Å². The molecule has 0 saturated carbocycles. The SMILES string of the molecule is CC[NH+](CC)Cc1c(O)ccc2c1O/C(=C\c1ccc(C(C)C)cc1)C2=O. The summed E-state index contributed by atoms with van der Waals surface area (Å²) < 4.78 is 5.94. The number of carbonyl (C=O) groups is 1. The largest absolute Gasteiger partial charge is 0.507 e. The number of nitrogens with one attached hydrogen (secondary N) is 1. The molecule has 1 heterocycles. The summed E-state index contributed by atoms with van der Waals surface area (Å²) in [6.45, 7) is 11.0. The molecule has 1 aliphatic rings. The lowest BCUT2D eigenvalue weighted by molar-refractivity contribution is -0.910. The van der Waals surface area contributed by atoms with Gasteiger partial charge in [0.05, 0.1) is 24.2 Å². The molecular weight excluding hydrogens is 338 g/mol. The Kier molecular flexibility index (Phi) is 5.66. The number of quaternary nitrogens is 1. The molecule has 2 aromatic rings. The highest BCUT2D eigenvalue weighted by Crippen LogP contribution is 2.39. The van der Waals surface area contributed by atoms with Crippen molar-refractivity contribution in [3.05, 3.63) is 64.4 Å². The van der Waals surface area contributed by atoms with E-state index in [1.807, 2.05) is 12.1 Å². The number of ether oxygens (including phenoxy) is 1. The third-order valence-corrected chi connectivity index (χ3v) is 5.24. The Labute approximate surface area is 161 Å². The van der Waals surface area contributed by atoms with Crippen LogP contribution in [0, 0.1) is 0 Å². The van der Waals surface area contributed by atoms with Crippen LogP contribution in [-0.2, 0) is 6.54 Å². The van der Waals surface area contributed by atoms with Gasteiger partial charge in [-0.3, -0.25) is 4.79 Å². The molecule has 2 aromatic carbocycles. The molecule has 0 radical (unpaired) electrons. The van der Waals surface area contributed by atoms with Crippen molar-refractivity contribution in [1.29, 1.82) is 0 Å². The molecule has 0 amide bonds. The fourth-order valence-corrected chi connectivity index (χ4v) is 3.35. The summed E-state index contributed by atoms with van der Waals surface area (Å²) in [6, 6.07) is 11.4. The number of fused-ring (bicyclic) bond motifs is 1. The van der Waals surface area contributed by atoms with Crippen molar-refractivity contribution in [2.45, 2.75) is 40.2 Å². The maximum absolute atomic E-state index is 12.8. The van der Waals surface area contributed by atoms with Gasteiger partial charge in [0.1, 0.15) is 12.3 Å². The molecule has 142 valence electrons. The molecule has 27 heavy (non-hydrogen) atoms. The maximum atomic E-state index is 12.8. The number of Topliss-reactive ketones (excluding diaryl/α,β-unsaturated/α-hetero) is 1. The van der Waals surface area contributed by atoms with E-state index in [-0.39, 0.29) is 11.5 Å². The first-order valence-electron chi connectivity index (χ1n) is 9.67. The third kappa shape index (κ3) is 3.91. The van der Waals surface area contributed by atoms with Crippen molar-refractivity contribution in [2.24, 2.45) is 0 Å². The van der Waals surface area contributed by atoms with Crippen LogP contribution in [0.15, 0.2) is 42.2 Å². The van der Waals surface area contributed by atoms with Gasteiger partial charge >= 0.3 is 0 Å². The third-order valence-electron chi connectivity index (χ3n) is 5.24. The second-order valence-electron chi connectivity index (χ2n) is 7.33. The Morgan fingerprint density at radius 3 is 2.33 bits per heavy atom. The van der Waals surface area contributed by atoms with Crippen LogP contribution in [0.3, 0.4) is 0 Å². The summed E-state index contributed by atoms with van der Waals surface area (Å²) in [7, 11) is 0. The molecule has 2 N–H and O–H groups in total. The number of hydrogen-bond donors (Lipinski definition) is 2. The van der Waals surface area contributed by atoms with Crippen LogP contribution in [-0.4, -0.2) is 24.0 Å². The van der Waals surface area contributed by atoms with Crippen LogP contribution >= 0.6 is 0 Å². The molecule has 0 aromatic heterocycles. The average Bonchev–Trinajstić information content (AvgIpc) is 2.97. The average molecular weight is 366 g/mol. The topological polar surface area (TPSA) is 51.0 Å². The molecule has 3 rings (SSSR count). The second-order valence-corrected chi connectivity index (χ2v) is 7.33. The van der Waals surface area contributed by atoms with E-state index >= 15 is 0 Å². The van der Waals surface area contributed by atoms with Crippen molar-refractivity contribution in [2.75, 3.05) is 13.1 Å². The van der Waals surface area contributed by atoms with Crippen LogP contribution in [0.1, 0.15) is 60.7 Å². The zero-order chi connectivity index (χ0) is 19.6. The normalized spacial score (nSPS) is 14.9. The van der Waals surface area contributed by atoms with E-state index in [1.54, 1.807) is 18.2 Å². The summed E-state index contributed by atoms with van der Waals surface area (Å²) in [6.07, 6.45) is 1.78. The van der Waals surface area contributed by atoms with Crippen LogP contribution in [0.5, 0.6) is 11.5 Å². The Morgan fingerprint density at radius 1 is 1.07 bits per heavy atom. The summed E-state index contributed by atoms with van der Waals surface area (Å²) in [5, 5.41) is 10.3. The lowest BCUT2D eigenvalue weighted by Gasteiger charge is -2.17. The van der Waals surface area contributed by atoms with Gasteiger partial charge in [0, 0.05) is 0 Å². The van der Waals surface area contributed by atoms with Crippen LogP contribution < -0.4 is 9.64 Å². The molecule has 4 heteroatoms. The zero-order valence-corrected chi connectivity index (χ0v) is 16.5. The number of aromatic hydroxyl groups is 1. The Bertz CT molecular complexity index is 862. The van der Waals surface area contributed by atoms with Gasteiger partial charge in [-0.05, 0) is 49.1 Å². The molecule has 0 spiro atoms. The summed E-state index contributed by atoms with van der Waals surface area (Å²) in [5.74, 6) is 1.33. The number of benzene rings is 2. The molecule has 0 aliphatic carbocycles. The quantitative estimate of drug-likeness (QED) is 0.769. The molecule has 0 saturated heterocycles. The summed E-state index contributed by atoms with van der Waals surface area (Å²) in [4.78, 5) is 14.1. The van der Waals surface area contributed by atoms with Gasteiger partial charge in [-0.15, -0.1) is 0 Å². The number of ketones is 1. The highest BCUT2D eigenvalue weighted by atomic mass is 16.5. The van der Waals surface area contributed by atoms with Crippen molar-refractivity contribution in [3.8, 4) is 11.5 Å². The van der Waals surface area contributed by atoms with Gasteiger partial charge in [0.15, 0.2) is 11.5 Å². The first-order valence-corrected chi connectivity index (χ1v) is 9.67. The lowest BCUT2D eigenvalue weighted by atomic mass is 10.0. The van der Waals surface area contributed by atoms with Gasteiger partial charge in [-0.25, -0.2) is 0 Å². The molecule has 4 nitrogen and oxygen atoms in total. The summed E-state index contributed by atoms with van der Waals surface area (Å²) >= 11 is 0. The van der Waals surface area contributed by atoms with Crippen molar-refractivity contribution >= 4 is 11.9 Å². The minimum absolute atomic E-state index is 0.131. The predicted octanol–water partition coefficient (Wildman–Crippen LogP) is 3.56. The summed E-state index contributed by atoms with van der Waals surface area (Å²) in [5.41, 5.74) is 3.42. The Hall–Kier alpha value is -2.59. The maximum Gasteiger partial charge on any atom is 0.231 e. The predicted molar refractivity (Wildman–Crippen MR) is 107 cm³/mol. The number of rotatable bonds is 6. The van der Waals surface area contributed by atoms with Gasteiger partial charge in [0.2, 0.25) is 5.78 Å². The Balaban J connectivity index is 1.92. The number of phenols is 1. The fourth-order valence-electron chi connectivity index (χ4n) is 3.35. The monoisotopic (exact) mass is 366 g/mol. The lowest BCUT2D eigenvalue weighted by Crippen LogP contribution is -3.10. The fraction of sp³-hybridized carbons (Fsp3) is 0.348. The van der Waals surface area contributed by atoms with E-state index in [1.165, 1.54) is 10.5 Å². The highest BCUT2D eigenvalue weighted by molar-refractivity contribution is 6.14. The molecular formula is C23H28NO3+. The first-order chi connectivity index (χ1) is 12.9. The molecule has 1 aliphatic heterocycles. The van der Waals surface area contributed by atoms with Crippen molar-refractivity contribution in [1.82, 2.24) is 0 Å². The molecule has 0 bridgehead atoms. The van der Waals surface area contributed by atoms with Crippen LogP contribution in [0.2, 0.25) is 0 Å². The zero-order valence-electron chi connectivity index (χ0n) is 16.5. The van der Waals surface area contributed by atoms with Gasteiger partial charge in [0.25, 0.3) is 0 Å². The van der Waals surface area contributed by atoms with Crippen molar-refractivity contribution < 1.29 is 19.5 Å². The number of allylic oxidation sites excluding steroid dienone is 1. The molecule has 0 fully saturated rings. The number of carbonyl (C=O) groups excluding carboxylic acids is 1. The van der Waals surface area contributed by atoms with Crippen LogP contribution in [0.25, 0.3) is 6.08 Å². The van der Waals surface area contributed by atoms with E-state index in [2.05, 4.69) is 39.8 Å². The second kappa shape index (κ2) is 7.97.